The molecule has 1 rings (SSSR count). The van der Waals surface area contributed by atoms with Gasteiger partial charge in [0.15, 0.2) is 5.78 Å². The summed E-state index contributed by atoms with van der Waals surface area (Å²) in [6.45, 7) is 4.04. The van der Waals surface area contributed by atoms with Crippen molar-refractivity contribution >= 4 is 17.6 Å². The summed E-state index contributed by atoms with van der Waals surface area (Å²) in [4.78, 5) is 35.2. The van der Waals surface area contributed by atoms with E-state index in [0.717, 1.165) is 25.7 Å². The second-order valence-corrected chi connectivity index (χ2v) is 5.17. The van der Waals surface area contributed by atoms with E-state index in [1.807, 2.05) is 13.8 Å². The van der Waals surface area contributed by atoms with Gasteiger partial charge in [0.25, 0.3) is 0 Å². The molecule has 2 amide bonds. The first kappa shape index (κ1) is 16.9. The predicted molar refractivity (Wildman–Crippen MR) is 81.1 cm³/mol. The van der Waals surface area contributed by atoms with Gasteiger partial charge in [-0.3, -0.25) is 14.4 Å². The van der Waals surface area contributed by atoms with Crippen molar-refractivity contribution in [2.24, 2.45) is 17.4 Å². The lowest BCUT2D eigenvalue weighted by Crippen LogP contribution is -2.20. The van der Waals surface area contributed by atoms with Gasteiger partial charge in [0.2, 0.25) is 11.8 Å². The Morgan fingerprint density at radius 3 is 1.57 bits per heavy atom. The fourth-order valence-electron chi connectivity index (χ4n) is 2.39. The fourth-order valence-corrected chi connectivity index (χ4v) is 2.39. The molecule has 0 atom stereocenters. The standard InChI is InChI=1S/C16H22N2O3/c1-3-5-10(6-4-2)14(19)11-7-12(15(17)20)9-13(8-11)16(18)21/h7-10H,3-6H2,1-2H3,(H2,17,20)(H2,18,21). The van der Waals surface area contributed by atoms with Crippen molar-refractivity contribution in [3.63, 3.8) is 0 Å². The highest BCUT2D eigenvalue weighted by Gasteiger charge is 2.21. The van der Waals surface area contributed by atoms with Gasteiger partial charge in [0, 0.05) is 22.6 Å². The maximum atomic E-state index is 12.6. The number of Topliss-reactive ketones (excluding diaryl/α,β-unsaturated/α-hetero) is 1. The molecule has 0 saturated heterocycles. The van der Waals surface area contributed by atoms with Crippen molar-refractivity contribution in [1.29, 1.82) is 0 Å². The molecular formula is C16H22N2O3. The molecule has 0 bridgehead atoms. The summed E-state index contributed by atoms with van der Waals surface area (Å²) in [6.07, 6.45) is 3.35. The zero-order chi connectivity index (χ0) is 16.0. The number of nitrogens with two attached hydrogens (primary N) is 2. The number of hydrogen-bond acceptors (Lipinski definition) is 3. The smallest absolute Gasteiger partial charge is 0.248 e. The quantitative estimate of drug-likeness (QED) is 0.718. The molecule has 5 heteroatoms. The number of hydrogen-bond donors (Lipinski definition) is 2. The minimum atomic E-state index is -0.685. The van der Waals surface area contributed by atoms with Crippen LogP contribution in [-0.4, -0.2) is 17.6 Å². The van der Waals surface area contributed by atoms with E-state index < -0.39 is 11.8 Å². The van der Waals surface area contributed by atoms with E-state index in [1.165, 1.54) is 18.2 Å². The van der Waals surface area contributed by atoms with Crippen LogP contribution in [0.1, 0.15) is 70.6 Å². The Morgan fingerprint density at radius 2 is 1.24 bits per heavy atom. The molecule has 0 spiro atoms. The highest BCUT2D eigenvalue weighted by molar-refractivity contribution is 6.05. The van der Waals surface area contributed by atoms with Crippen LogP contribution >= 0.6 is 0 Å². The molecule has 4 N–H and O–H groups in total. The fraction of sp³-hybridized carbons (Fsp3) is 0.438. The van der Waals surface area contributed by atoms with Gasteiger partial charge in [-0.15, -0.1) is 0 Å². The molecular weight excluding hydrogens is 268 g/mol. The first-order valence-corrected chi connectivity index (χ1v) is 7.19. The topological polar surface area (TPSA) is 103 Å². The van der Waals surface area contributed by atoms with E-state index in [1.54, 1.807) is 0 Å². The number of primary amides is 2. The van der Waals surface area contributed by atoms with Crippen LogP contribution in [0.4, 0.5) is 0 Å². The van der Waals surface area contributed by atoms with Crippen LogP contribution in [0, 0.1) is 5.92 Å². The van der Waals surface area contributed by atoms with Crippen LogP contribution in [0.2, 0.25) is 0 Å². The van der Waals surface area contributed by atoms with Gasteiger partial charge in [-0.2, -0.15) is 0 Å². The molecule has 21 heavy (non-hydrogen) atoms. The van der Waals surface area contributed by atoms with Gasteiger partial charge in [-0.05, 0) is 31.0 Å². The van der Waals surface area contributed by atoms with E-state index in [-0.39, 0.29) is 22.8 Å². The number of carbonyl (C=O) groups excluding carboxylic acids is 3. The zero-order valence-corrected chi connectivity index (χ0v) is 12.5. The van der Waals surface area contributed by atoms with Gasteiger partial charge in [0.1, 0.15) is 0 Å². The molecule has 0 fully saturated rings. The maximum Gasteiger partial charge on any atom is 0.248 e. The zero-order valence-electron chi connectivity index (χ0n) is 12.5. The molecule has 0 aliphatic rings. The summed E-state index contributed by atoms with van der Waals surface area (Å²) in [5, 5.41) is 0. The van der Waals surface area contributed by atoms with Gasteiger partial charge >= 0.3 is 0 Å². The van der Waals surface area contributed by atoms with Crippen molar-refractivity contribution in [2.75, 3.05) is 0 Å². The van der Waals surface area contributed by atoms with Crippen LogP contribution < -0.4 is 11.5 Å². The second-order valence-electron chi connectivity index (χ2n) is 5.17. The van der Waals surface area contributed by atoms with E-state index in [2.05, 4.69) is 0 Å². The third-order valence-corrected chi connectivity index (χ3v) is 3.43. The predicted octanol–water partition coefficient (Wildman–Crippen LogP) is 2.28. The van der Waals surface area contributed by atoms with Crippen molar-refractivity contribution in [1.82, 2.24) is 0 Å². The average Bonchev–Trinajstić information content (AvgIpc) is 2.45. The van der Waals surface area contributed by atoms with Gasteiger partial charge in [0.05, 0.1) is 0 Å². The Morgan fingerprint density at radius 1 is 0.857 bits per heavy atom. The summed E-state index contributed by atoms with van der Waals surface area (Å²) < 4.78 is 0. The van der Waals surface area contributed by atoms with Crippen molar-refractivity contribution in [2.45, 2.75) is 39.5 Å². The highest BCUT2D eigenvalue weighted by Crippen LogP contribution is 2.21. The molecule has 0 aromatic heterocycles. The third kappa shape index (κ3) is 4.41. The number of ketones is 1. The average molecular weight is 290 g/mol. The monoisotopic (exact) mass is 290 g/mol. The minimum absolute atomic E-state index is 0.0655. The molecule has 1 aromatic rings. The Balaban J connectivity index is 3.23. The van der Waals surface area contributed by atoms with Crippen molar-refractivity contribution in [3.8, 4) is 0 Å². The third-order valence-electron chi connectivity index (χ3n) is 3.43. The number of benzene rings is 1. The van der Waals surface area contributed by atoms with Gasteiger partial charge in [-0.1, -0.05) is 26.7 Å². The number of amides is 2. The molecule has 0 aliphatic heterocycles. The summed E-state index contributed by atoms with van der Waals surface area (Å²) in [6, 6.07) is 4.20. The molecule has 1 aromatic carbocycles. The van der Waals surface area contributed by atoms with Crippen LogP contribution in [-0.2, 0) is 0 Å². The Bertz CT molecular complexity index is 514. The largest absolute Gasteiger partial charge is 0.366 e. The normalized spacial score (nSPS) is 10.6. The minimum Gasteiger partial charge on any atom is -0.366 e. The van der Waals surface area contributed by atoms with Crippen LogP contribution in [0.5, 0.6) is 0 Å². The summed E-state index contributed by atoms with van der Waals surface area (Å²) in [5.74, 6) is -1.54. The van der Waals surface area contributed by atoms with Gasteiger partial charge < -0.3 is 11.5 Å². The Kier molecular flexibility index (Phi) is 6.09. The molecule has 0 saturated carbocycles. The number of carbonyl (C=O) groups is 3. The van der Waals surface area contributed by atoms with E-state index in [0.29, 0.717) is 5.56 Å². The molecule has 0 aliphatic carbocycles. The van der Waals surface area contributed by atoms with E-state index in [4.69, 9.17) is 11.5 Å². The molecule has 114 valence electrons. The molecule has 5 nitrogen and oxygen atoms in total. The second kappa shape index (κ2) is 7.57. The van der Waals surface area contributed by atoms with E-state index >= 15 is 0 Å². The van der Waals surface area contributed by atoms with Crippen LogP contribution in [0.3, 0.4) is 0 Å². The summed E-state index contributed by atoms with van der Waals surface area (Å²) in [5.41, 5.74) is 11.1. The Labute approximate surface area is 124 Å². The first-order valence-electron chi connectivity index (χ1n) is 7.19. The van der Waals surface area contributed by atoms with Crippen LogP contribution in [0.25, 0.3) is 0 Å². The number of rotatable bonds is 8. The maximum absolute atomic E-state index is 12.6. The first-order chi connectivity index (χ1) is 9.90. The lowest BCUT2D eigenvalue weighted by Gasteiger charge is -2.15. The molecule has 0 radical (unpaired) electrons. The lowest BCUT2D eigenvalue weighted by atomic mass is 9.88. The lowest BCUT2D eigenvalue weighted by molar-refractivity contribution is 0.0905. The van der Waals surface area contributed by atoms with Crippen molar-refractivity contribution < 1.29 is 14.4 Å². The van der Waals surface area contributed by atoms with E-state index in [9.17, 15) is 14.4 Å². The summed E-state index contributed by atoms with van der Waals surface area (Å²) in [7, 11) is 0. The van der Waals surface area contributed by atoms with Gasteiger partial charge in [-0.25, -0.2) is 0 Å². The highest BCUT2D eigenvalue weighted by atomic mass is 16.1. The molecule has 0 heterocycles. The van der Waals surface area contributed by atoms with Crippen LogP contribution in [0.15, 0.2) is 18.2 Å². The summed E-state index contributed by atoms with van der Waals surface area (Å²) >= 11 is 0. The Hall–Kier alpha value is -2.17. The van der Waals surface area contributed by atoms with Crippen molar-refractivity contribution in [3.05, 3.63) is 34.9 Å². The molecule has 0 unspecified atom stereocenters. The SMILES string of the molecule is CCCC(CCC)C(=O)c1cc(C(N)=O)cc(C(N)=O)c1.